The number of carbonyl (C=O) groups is 2. The summed E-state index contributed by atoms with van der Waals surface area (Å²) < 4.78 is 5.24. The first-order valence-electron chi connectivity index (χ1n) is 6.30. The predicted molar refractivity (Wildman–Crippen MR) is 62.3 cm³/mol. The Morgan fingerprint density at radius 1 is 1.47 bits per heavy atom. The van der Waals surface area contributed by atoms with Crippen molar-refractivity contribution in [3.8, 4) is 0 Å². The second-order valence-corrected chi connectivity index (χ2v) is 5.05. The molecule has 2 amide bonds. The maximum absolute atomic E-state index is 12.2. The quantitative estimate of drug-likeness (QED) is 0.677. The molecular formula is C12H20N2O3. The van der Waals surface area contributed by atoms with Gasteiger partial charge in [0, 0.05) is 25.8 Å². The number of rotatable bonds is 2. The predicted octanol–water partition coefficient (Wildman–Crippen LogP) is 0.198. The lowest BCUT2D eigenvalue weighted by Gasteiger charge is -2.33. The summed E-state index contributed by atoms with van der Waals surface area (Å²) in [6, 6.07) is 0.155. The maximum Gasteiger partial charge on any atom is 0.235 e. The molecule has 0 spiro atoms. The fraction of sp³-hybridized carbons (Fsp3) is 0.833. The molecule has 0 aromatic rings. The molecule has 2 aliphatic heterocycles. The van der Waals surface area contributed by atoms with Crippen LogP contribution in [0.3, 0.4) is 0 Å². The van der Waals surface area contributed by atoms with E-state index >= 15 is 0 Å². The van der Waals surface area contributed by atoms with Crippen LogP contribution in [0.15, 0.2) is 0 Å². The summed E-state index contributed by atoms with van der Waals surface area (Å²) in [4.78, 5) is 24.0. The van der Waals surface area contributed by atoms with E-state index in [2.05, 4.69) is 10.6 Å². The molecule has 2 saturated heterocycles. The van der Waals surface area contributed by atoms with E-state index in [0.29, 0.717) is 26.2 Å². The third-order valence-electron chi connectivity index (χ3n) is 3.70. The first-order chi connectivity index (χ1) is 8.13. The molecule has 2 rings (SSSR count). The summed E-state index contributed by atoms with van der Waals surface area (Å²) in [7, 11) is 0. The molecule has 0 bridgehead atoms. The zero-order valence-corrected chi connectivity index (χ0v) is 10.3. The smallest absolute Gasteiger partial charge is 0.235 e. The highest BCUT2D eigenvalue weighted by Gasteiger charge is 2.43. The number of amides is 2. The summed E-state index contributed by atoms with van der Waals surface area (Å²) in [6.45, 7) is 3.79. The van der Waals surface area contributed by atoms with E-state index in [1.807, 2.05) is 0 Å². The lowest BCUT2D eigenvalue weighted by molar-refractivity contribution is -0.145. The number of hydrogen-bond acceptors (Lipinski definition) is 3. The SMILES string of the molecule is CC1(C(=O)NC2CCOCC2)CCCNC1=O. The van der Waals surface area contributed by atoms with Gasteiger partial charge in [-0.15, -0.1) is 0 Å². The van der Waals surface area contributed by atoms with Crippen LogP contribution in [-0.4, -0.2) is 37.6 Å². The van der Waals surface area contributed by atoms with Gasteiger partial charge in [0.1, 0.15) is 5.41 Å². The monoisotopic (exact) mass is 240 g/mol. The fourth-order valence-corrected chi connectivity index (χ4v) is 2.36. The molecule has 17 heavy (non-hydrogen) atoms. The number of hydrogen-bond donors (Lipinski definition) is 2. The van der Waals surface area contributed by atoms with Gasteiger partial charge in [0.15, 0.2) is 0 Å². The summed E-state index contributed by atoms with van der Waals surface area (Å²) in [6.07, 6.45) is 3.17. The van der Waals surface area contributed by atoms with Gasteiger partial charge in [0.05, 0.1) is 0 Å². The molecule has 0 aromatic carbocycles. The average Bonchev–Trinajstić information content (AvgIpc) is 2.34. The van der Waals surface area contributed by atoms with Gasteiger partial charge in [-0.2, -0.15) is 0 Å². The van der Waals surface area contributed by atoms with E-state index in [1.165, 1.54) is 0 Å². The van der Waals surface area contributed by atoms with Crippen molar-refractivity contribution in [2.24, 2.45) is 5.41 Å². The molecule has 2 heterocycles. The highest BCUT2D eigenvalue weighted by atomic mass is 16.5. The Balaban J connectivity index is 1.95. The minimum absolute atomic E-state index is 0.137. The maximum atomic E-state index is 12.2. The summed E-state index contributed by atoms with van der Waals surface area (Å²) in [5, 5.41) is 5.75. The summed E-state index contributed by atoms with van der Waals surface area (Å²) >= 11 is 0. The summed E-state index contributed by atoms with van der Waals surface area (Å²) in [5.41, 5.74) is -0.892. The Labute approximate surface area is 101 Å². The van der Waals surface area contributed by atoms with Gasteiger partial charge in [-0.3, -0.25) is 9.59 Å². The molecule has 2 N–H and O–H groups in total. The van der Waals surface area contributed by atoms with Crippen molar-refractivity contribution in [1.29, 1.82) is 0 Å². The van der Waals surface area contributed by atoms with Gasteiger partial charge in [-0.1, -0.05) is 0 Å². The van der Waals surface area contributed by atoms with E-state index in [9.17, 15) is 9.59 Å². The van der Waals surface area contributed by atoms with Gasteiger partial charge in [0.2, 0.25) is 11.8 Å². The third-order valence-corrected chi connectivity index (χ3v) is 3.70. The van der Waals surface area contributed by atoms with Crippen molar-refractivity contribution in [3.63, 3.8) is 0 Å². The topological polar surface area (TPSA) is 67.4 Å². The largest absolute Gasteiger partial charge is 0.381 e. The third kappa shape index (κ3) is 2.60. The van der Waals surface area contributed by atoms with Crippen molar-refractivity contribution in [1.82, 2.24) is 10.6 Å². The molecule has 0 aromatic heterocycles. The number of ether oxygens (including phenoxy) is 1. The van der Waals surface area contributed by atoms with Crippen molar-refractivity contribution in [3.05, 3.63) is 0 Å². The van der Waals surface area contributed by atoms with E-state index in [1.54, 1.807) is 6.92 Å². The Kier molecular flexibility index (Phi) is 3.66. The lowest BCUT2D eigenvalue weighted by atomic mass is 9.80. The highest BCUT2D eigenvalue weighted by Crippen LogP contribution is 2.27. The van der Waals surface area contributed by atoms with Crippen molar-refractivity contribution >= 4 is 11.8 Å². The average molecular weight is 240 g/mol. The Hall–Kier alpha value is -1.10. The van der Waals surface area contributed by atoms with Gasteiger partial charge in [-0.05, 0) is 32.6 Å². The Bertz CT molecular complexity index is 313. The van der Waals surface area contributed by atoms with E-state index in [4.69, 9.17) is 4.74 Å². The first kappa shape index (κ1) is 12.4. The fourth-order valence-electron chi connectivity index (χ4n) is 2.36. The molecule has 5 heteroatoms. The lowest BCUT2D eigenvalue weighted by Crippen LogP contribution is -2.55. The van der Waals surface area contributed by atoms with Gasteiger partial charge in [-0.25, -0.2) is 0 Å². The molecule has 0 aliphatic carbocycles. The van der Waals surface area contributed by atoms with E-state index in [0.717, 1.165) is 19.3 Å². The Morgan fingerprint density at radius 3 is 2.82 bits per heavy atom. The van der Waals surface area contributed by atoms with Crippen LogP contribution in [0, 0.1) is 5.41 Å². The molecule has 1 atom stereocenters. The summed E-state index contributed by atoms with van der Waals surface area (Å²) in [5.74, 6) is -0.282. The molecule has 0 saturated carbocycles. The minimum atomic E-state index is -0.892. The van der Waals surface area contributed by atoms with E-state index < -0.39 is 5.41 Å². The molecular weight excluding hydrogens is 220 g/mol. The number of carbonyl (C=O) groups excluding carboxylic acids is 2. The zero-order valence-electron chi connectivity index (χ0n) is 10.3. The van der Waals surface area contributed by atoms with Crippen LogP contribution in [0.2, 0.25) is 0 Å². The van der Waals surface area contributed by atoms with Crippen LogP contribution in [0.4, 0.5) is 0 Å². The van der Waals surface area contributed by atoms with Crippen LogP contribution in [0.1, 0.15) is 32.6 Å². The van der Waals surface area contributed by atoms with Gasteiger partial charge in [0.25, 0.3) is 0 Å². The molecule has 1 unspecified atom stereocenters. The van der Waals surface area contributed by atoms with Crippen LogP contribution in [-0.2, 0) is 14.3 Å². The molecule has 2 aliphatic rings. The van der Waals surface area contributed by atoms with Crippen LogP contribution in [0.5, 0.6) is 0 Å². The van der Waals surface area contributed by atoms with Crippen LogP contribution in [0.25, 0.3) is 0 Å². The van der Waals surface area contributed by atoms with Gasteiger partial charge < -0.3 is 15.4 Å². The van der Waals surface area contributed by atoms with Crippen molar-refractivity contribution < 1.29 is 14.3 Å². The van der Waals surface area contributed by atoms with Crippen LogP contribution < -0.4 is 10.6 Å². The second-order valence-electron chi connectivity index (χ2n) is 5.05. The number of nitrogens with one attached hydrogen (secondary N) is 2. The van der Waals surface area contributed by atoms with Gasteiger partial charge >= 0.3 is 0 Å². The first-order valence-corrected chi connectivity index (χ1v) is 6.30. The molecule has 0 radical (unpaired) electrons. The van der Waals surface area contributed by atoms with Crippen molar-refractivity contribution in [2.75, 3.05) is 19.8 Å². The second kappa shape index (κ2) is 5.04. The number of piperidine rings is 1. The Morgan fingerprint density at radius 2 is 2.18 bits per heavy atom. The van der Waals surface area contributed by atoms with Crippen molar-refractivity contribution in [2.45, 2.75) is 38.6 Å². The standard InChI is InChI=1S/C12H20N2O3/c1-12(5-2-6-13-10(12)15)11(16)14-9-3-7-17-8-4-9/h9H,2-8H2,1H3,(H,13,15)(H,14,16). The minimum Gasteiger partial charge on any atom is -0.381 e. The molecule has 2 fully saturated rings. The highest BCUT2D eigenvalue weighted by molar-refractivity contribution is 6.05. The molecule has 5 nitrogen and oxygen atoms in total. The van der Waals surface area contributed by atoms with Crippen LogP contribution >= 0.6 is 0 Å². The van der Waals surface area contributed by atoms with E-state index in [-0.39, 0.29) is 17.9 Å². The normalized spacial score (nSPS) is 30.8. The molecule has 96 valence electrons. The zero-order chi connectivity index (χ0) is 12.3.